The van der Waals surface area contributed by atoms with Gasteiger partial charge in [0.2, 0.25) is 0 Å². The van der Waals surface area contributed by atoms with E-state index >= 15 is 0 Å². The molecule has 0 saturated carbocycles. The molecular formula is C13H17ClN2S. The molecule has 0 aromatic heterocycles. The van der Waals surface area contributed by atoms with Crippen LogP contribution in [-0.4, -0.2) is 28.9 Å². The van der Waals surface area contributed by atoms with E-state index in [0.29, 0.717) is 0 Å². The summed E-state index contributed by atoms with van der Waals surface area (Å²) in [5.74, 6) is 1.13. The topological polar surface area (TPSA) is 15.6 Å². The zero-order valence-electron chi connectivity index (χ0n) is 10.2. The van der Waals surface area contributed by atoms with E-state index in [0.717, 1.165) is 46.7 Å². The Morgan fingerprint density at radius 1 is 1.47 bits per heavy atom. The lowest BCUT2D eigenvalue weighted by Gasteiger charge is -2.16. The zero-order chi connectivity index (χ0) is 12.3. The van der Waals surface area contributed by atoms with Gasteiger partial charge < -0.3 is 4.90 Å². The number of benzene rings is 1. The molecule has 0 N–H and O–H groups in total. The van der Waals surface area contributed by atoms with Crippen molar-refractivity contribution in [2.24, 2.45) is 4.99 Å². The van der Waals surface area contributed by atoms with Gasteiger partial charge in [-0.05, 0) is 25.0 Å². The largest absolute Gasteiger partial charge is 0.350 e. The summed E-state index contributed by atoms with van der Waals surface area (Å²) in [5, 5.41) is 1.85. The minimum Gasteiger partial charge on any atom is -0.350 e. The minimum absolute atomic E-state index is 0.737. The molecule has 17 heavy (non-hydrogen) atoms. The van der Waals surface area contributed by atoms with E-state index in [9.17, 15) is 0 Å². The molecule has 0 unspecified atom stereocenters. The van der Waals surface area contributed by atoms with Crippen LogP contribution >= 0.6 is 23.4 Å². The van der Waals surface area contributed by atoms with Crippen LogP contribution in [0, 0.1) is 6.92 Å². The maximum absolute atomic E-state index is 6.20. The van der Waals surface area contributed by atoms with Crippen LogP contribution in [0.2, 0.25) is 5.02 Å². The lowest BCUT2D eigenvalue weighted by Crippen LogP contribution is -2.24. The molecule has 2 nitrogen and oxygen atoms in total. The number of hydrogen-bond donors (Lipinski definition) is 0. The van der Waals surface area contributed by atoms with Gasteiger partial charge in [-0.1, -0.05) is 42.4 Å². The molecule has 1 saturated heterocycles. The van der Waals surface area contributed by atoms with Crippen LogP contribution < -0.4 is 0 Å². The Labute approximate surface area is 112 Å². The molecule has 1 fully saturated rings. The lowest BCUT2D eigenvalue weighted by molar-refractivity contribution is 0.460. The first-order valence-electron chi connectivity index (χ1n) is 5.94. The molecule has 4 heteroatoms. The first-order valence-corrected chi connectivity index (χ1v) is 7.30. The van der Waals surface area contributed by atoms with Crippen LogP contribution in [0.15, 0.2) is 23.2 Å². The van der Waals surface area contributed by atoms with Crippen molar-refractivity contribution < 1.29 is 0 Å². The molecule has 1 aliphatic heterocycles. The van der Waals surface area contributed by atoms with Crippen LogP contribution in [0.3, 0.4) is 0 Å². The van der Waals surface area contributed by atoms with Crippen molar-refractivity contribution in [3.63, 3.8) is 0 Å². The van der Waals surface area contributed by atoms with E-state index in [-0.39, 0.29) is 0 Å². The molecule has 1 aliphatic rings. The number of para-hydroxylation sites is 1. The summed E-state index contributed by atoms with van der Waals surface area (Å²) >= 11 is 8.02. The second-order valence-corrected chi connectivity index (χ2v) is 5.60. The van der Waals surface area contributed by atoms with Gasteiger partial charge in [-0.15, -0.1) is 0 Å². The quantitative estimate of drug-likeness (QED) is 0.820. The van der Waals surface area contributed by atoms with E-state index in [1.807, 2.05) is 23.9 Å². The average Bonchev–Trinajstić information content (AvgIpc) is 2.72. The summed E-state index contributed by atoms with van der Waals surface area (Å²) in [6, 6.07) is 5.92. The fraction of sp³-hybridized carbons (Fsp3) is 0.462. The summed E-state index contributed by atoms with van der Waals surface area (Å²) in [6.45, 7) is 6.42. The van der Waals surface area contributed by atoms with Crippen molar-refractivity contribution in [3.8, 4) is 0 Å². The molecule has 0 bridgehead atoms. The number of thioether (sulfide) groups is 1. The number of halogens is 1. The van der Waals surface area contributed by atoms with E-state index in [1.54, 1.807) is 0 Å². The third-order valence-corrected chi connectivity index (χ3v) is 4.05. The summed E-state index contributed by atoms with van der Waals surface area (Å²) in [6.07, 6.45) is 1.15. The fourth-order valence-corrected chi connectivity index (χ4v) is 3.15. The highest BCUT2D eigenvalue weighted by Crippen LogP contribution is 2.31. The number of nitrogens with zero attached hydrogens (tertiary/aromatic N) is 2. The van der Waals surface area contributed by atoms with E-state index in [4.69, 9.17) is 16.6 Å². The van der Waals surface area contributed by atoms with Crippen molar-refractivity contribution in [2.45, 2.75) is 20.3 Å². The number of hydrogen-bond acceptors (Lipinski definition) is 2. The van der Waals surface area contributed by atoms with Crippen molar-refractivity contribution in [1.82, 2.24) is 4.90 Å². The molecule has 0 aliphatic carbocycles. The first-order chi connectivity index (χ1) is 8.22. The molecular weight excluding hydrogens is 252 g/mol. The van der Waals surface area contributed by atoms with Gasteiger partial charge in [0.1, 0.15) is 0 Å². The molecule has 1 aromatic carbocycles. The molecule has 0 spiro atoms. The lowest BCUT2D eigenvalue weighted by atomic mass is 10.2. The fourth-order valence-electron chi connectivity index (χ4n) is 1.87. The second-order valence-electron chi connectivity index (χ2n) is 4.14. The second kappa shape index (κ2) is 5.78. The van der Waals surface area contributed by atoms with Crippen molar-refractivity contribution in [3.05, 3.63) is 28.8 Å². The van der Waals surface area contributed by atoms with Gasteiger partial charge in [0.15, 0.2) is 5.17 Å². The zero-order valence-corrected chi connectivity index (χ0v) is 11.8. The predicted octanol–water partition coefficient (Wildman–Crippen LogP) is 4.09. The molecule has 0 atom stereocenters. The number of rotatable bonds is 3. The first kappa shape index (κ1) is 12.8. The normalized spacial score (nSPS) is 18.1. The van der Waals surface area contributed by atoms with E-state index in [2.05, 4.69) is 24.8 Å². The van der Waals surface area contributed by atoms with Gasteiger partial charge in [0.05, 0.1) is 10.7 Å². The van der Waals surface area contributed by atoms with Crippen molar-refractivity contribution in [1.29, 1.82) is 0 Å². The number of aliphatic imine (C=N–C) groups is 1. The molecule has 0 radical (unpaired) electrons. The van der Waals surface area contributed by atoms with E-state index < -0.39 is 0 Å². The Morgan fingerprint density at radius 3 is 3.00 bits per heavy atom. The molecule has 2 rings (SSSR count). The summed E-state index contributed by atoms with van der Waals surface area (Å²) in [5.41, 5.74) is 2.05. The number of amidine groups is 1. The van der Waals surface area contributed by atoms with Crippen LogP contribution in [0.25, 0.3) is 0 Å². The van der Waals surface area contributed by atoms with Crippen LogP contribution in [0.1, 0.15) is 18.9 Å². The smallest absolute Gasteiger partial charge is 0.164 e. The van der Waals surface area contributed by atoms with Crippen molar-refractivity contribution >= 4 is 34.2 Å². The standard InChI is InChI=1S/C13H17ClN2S/c1-3-7-16-8-9-17-13(16)15-12-10(2)5-4-6-11(12)14/h4-6H,3,7-9H2,1-2H3. The Kier molecular flexibility index (Phi) is 4.35. The predicted molar refractivity (Wildman–Crippen MR) is 77.6 cm³/mol. The Bertz CT molecular complexity index is 411. The van der Waals surface area contributed by atoms with Crippen LogP contribution in [0.5, 0.6) is 0 Å². The Hall–Kier alpha value is -0.670. The maximum atomic E-state index is 6.20. The highest BCUT2D eigenvalue weighted by molar-refractivity contribution is 8.14. The van der Waals surface area contributed by atoms with Gasteiger partial charge in [0.25, 0.3) is 0 Å². The van der Waals surface area contributed by atoms with Gasteiger partial charge in [-0.25, -0.2) is 4.99 Å². The molecule has 1 heterocycles. The van der Waals surface area contributed by atoms with Gasteiger partial charge in [-0.2, -0.15) is 0 Å². The average molecular weight is 269 g/mol. The molecule has 1 aromatic rings. The highest BCUT2D eigenvalue weighted by Gasteiger charge is 2.19. The Morgan fingerprint density at radius 2 is 2.29 bits per heavy atom. The van der Waals surface area contributed by atoms with Gasteiger partial charge in [-0.3, -0.25) is 0 Å². The summed E-state index contributed by atoms with van der Waals surface area (Å²) < 4.78 is 0. The Balaban J connectivity index is 2.29. The van der Waals surface area contributed by atoms with E-state index in [1.165, 1.54) is 0 Å². The third kappa shape index (κ3) is 2.96. The summed E-state index contributed by atoms with van der Waals surface area (Å²) in [4.78, 5) is 7.07. The van der Waals surface area contributed by atoms with Gasteiger partial charge >= 0.3 is 0 Å². The van der Waals surface area contributed by atoms with Crippen LogP contribution in [-0.2, 0) is 0 Å². The monoisotopic (exact) mass is 268 g/mol. The third-order valence-electron chi connectivity index (χ3n) is 2.75. The highest BCUT2D eigenvalue weighted by atomic mass is 35.5. The number of aryl methyl sites for hydroxylation is 1. The van der Waals surface area contributed by atoms with Gasteiger partial charge in [0, 0.05) is 18.8 Å². The molecule has 92 valence electrons. The molecule has 0 amide bonds. The SMILES string of the molecule is CCCN1CCSC1=Nc1c(C)cccc1Cl. The maximum Gasteiger partial charge on any atom is 0.164 e. The minimum atomic E-state index is 0.737. The van der Waals surface area contributed by atoms with Crippen LogP contribution in [0.4, 0.5) is 5.69 Å². The van der Waals surface area contributed by atoms with Crippen molar-refractivity contribution in [2.75, 3.05) is 18.8 Å². The summed E-state index contributed by atoms with van der Waals surface area (Å²) in [7, 11) is 0.